The summed E-state index contributed by atoms with van der Waals surface area (Å²) in [4.78, 5) is 14.1. The van der Waals surface area contributed by atoms with Gasteiger partial charge in [-0.1, -0.05) is 0 Å². The lowest BCUT2D eigenvalue weighted by Crippen LogP contribution is -2.20. The van der Waals surface area contributed by atoms with Gasteiger partial charge in [0.15, 0.2) is 0 Å². The summed E-state index contributed by atoms with van der Waals surface area (Å²) >= 11 is 0. The SMILES string of the molecule is Cl.O=[N+]([O-])c1cccnc1O[C@H]1CCNC1. The largest absolute Gasteiger partial charge is 0.468 e. The molecule has 0 aliphatic carbocycles. The van der Waals surface area contributed by atoms with Crippen LogP contribution in [0.3, 0.4) is 0 Å². The van der Waals surface area contributed by atoms with Gasteiger partial charge in [-0.05, 0) is 19.0 Å². The first-order valence-corrected chi connectivity index (χ1v) is 4.74. The van der Waals surface area contributed by atoms with Crippen LogP contribution in [-0.4, -0.2) is 29.1 Å². The van der Waals surface area contributed by atoms with Crippen molar-refractivity contribution < 1.29 is 9.66 Å². The number of nitrogens with zero attached hydrogens (tertiary/aromatic N) is 2. The Morgan fingerprint density at radius 2 is 2.44 bits per heavy atom. The molecular formula is C9H12ClN3O3. The monoisotopic (exact) mass is 245 g/mol. The molecule has 7 heteroatoms. The van der Waals surface area contributed by atoms with Crippen molar-refractivity contribution in [2.45, 2.75) is 12.5 Å². The predicted molar refractivity (Wildman–Crippen MR) is 60.0 cm³/mol. The second kappa shape index (κ2) is 5.62. The van der Waals surface area contributed by atoms with E-state index in [-0.39, 0.29) is 30.1 Å². The van der Waals surface area contributed by atoms with Crippen LogP contribution in [-0.2, 0) is 0 Å². The summed E-state index contributed by atoms with van der Waals surface area (Å²) < 4.78 is 5.45. The lowest BCUT2D eigenvalue weighted by Gasteiger charge is -2.10. The van der Waals surface area contributed by atoms with Crippen molar-refractivity contribution in [3.8, 4) is 5.88 Å². The molecule has 16 heavy (non-hydrogen) atoms. The number of ether oxygens (including phenoxy) is 1. The van der Waals surface area contributed by atoms with Crippen LogP contribution in [0.4, 0.5) is 5.69 Å². The molecule has 1 saturated heterocycles. The summed E-state index contributed by atoms with van der Waals surface area (Å²) in [5.74, 6) is 0.108. The highest BCUT2D eigenvalue weighted by Gasteiger charge is 2.22. The van der Waals surface area contributed by atoms with Crippen molar-refractivity contribution in [2.75, 3.05) is 13.1 Å². The molecule has 0 aromatic carbocycles. The molecule has 1 aromatic rings. The zero-order valence-electron chi connectivity index (χ0n) is 8.46. The van der Waals surface area contributed by atoms with E-state index in [1.165, 1.54) is 18.3 Å². The summed E-state index contributed by atoms with van der Waals surface area (Å²) in [6.45, 7) is 1.60. The molecule has 6 nitrogen and oxygen atoms in total. The molecule has 0 unspecified atom stereocenters. The normalized spacial score (nSPS) is 18.9. The number of pyridine rings is 1. The Hall–Kier alpha value is -1.40. The topological polar surface area (TPSA) is 77.3 Å². The summed E-state index contributed by atoms with van der Waals surface area (Å²) in [6.07, 6.45) is 2.33. The summed E-state index contributed by atoms with van der Waals surface area (Å²) in [5.41, 5.74) is -0.0793. The Balaban J connectivity index is 0.00000128. The lowest BCUT2D eigenvalue weighted by atomic mass is 10.3. The van der Waals surface area contributed by atoms with Crippen LogP contribution < -0.4 is 10.1 Å². The van der Waals surface area contributed by atoms with E-state index < -0.39 is 4.92 Å². The molecule has 0 radical (unpaired) electrons. The van der Waals surface area contributed by atoms with Crippen LogP contribution in [0, 0.1) is 10.1 Å². The van der Waals surface area contributed by atoms with Gasteiger partial charge in [0.25, 0.3) is 5.88 Å². The number of hydrogen-bond acceptors (Lipinski definition) is 5. The molecule has 1 fully saturated rings. The maximum absolute atomic E-state index is 10.7. The fourth-order valence-electron chi connectivity index (χ4n) is 1.50. The molecule has 2 rings (SSSR count). The standard InChI is InChI=1S/C9H11N3O3.ClH/c13-12(14)8-2-1-4-11-9(8)15-7-3-5-10-6-7;/h1-2,4,7,10H,3,5-6H2;1H/t7-;/m0./s1. The quantitative estimate of drug-likeness (QED) is 0.639. The van der Waals surface area contributed by atoms with E-state index in [4.69, 9.17) is 4.74 Å². The van der Waals surface area contributed by atoms with Crippen molar-refractivity contribution in [2.24, 2.45) is 0 Å². The molecule has 1 aromatic heterocycles. The zero-order chi connectivity index (χ0) is 10.7. The van der Waals surface area contributed by atoms with Gasteiger partial charge in [0.1, 0.15) is 6.10 Å². The highest BCUT2D eigenvalue weighted by atomic mass is 35.5. The third-order valence-electron chi connectivity index (χ3n) is 2.24. The van der Waals surface area contributed by atoms with Crippen LogP contribution in [0.15, 0.2) is 18.3 Å². The average Bonchev–Trinajstić information content (AvgIpc) is 2.71. The number of nitro groups is 1. The van der Waals surface area contributed by atoms with Gasteiger partial charge in [0.2, 0.25) is 0 Å². The highest BCUT2D eigenvalue weighted by Crippen LogP contribution is 2.24. The predicted octanol–water partition coefficient (Wildman–Crippen LogP) is 1.15. The van der Waals surface area contributed by atoms with Crippen molar-refractivity contribution in [1.82, 2.24) is 10.3 Å². The molecular weight excluding hydrogens is 234 g/mol. The van der Waals surface area contributed by atoms with E-state index in [0.717, 1.165) is 13.0 Å². The molecule has 88 valence electrons. The van der Waals surface area contributed by atoms with E-state index in [0.29, 0.717) is 6.54 Å². The maximum Gasteiger partial charge on any atom is 0.330 e. The molecule has 1 N–H and O–H groups in total. The molecule has 1 atom stereocenters. The Morgan fingerprint density at radius 1 is 1.62 bits per heavy atom. The van der Waals surface area contributed by atoms with Crippen LogP contribution in [0.5, 0.6) is 5.88 Å². The first-order chi connectivity index (χ1) is 7.27. The van der Waals surface area contributed by atoms with Gasteiger partial charge < -0.3 is 10.1 Å². The van der Waals surface area contributed by atoms with Gasteiger partial charge in [-0.2, -0.15) is 0 Å². The number of hydrogen-bond donors (Lipinski definition) is 1. The second-order valence-corrected chi connectivity index (χ2v) is 3.32. The fourth-order valence-corrected chi connectivity index (χ4v) is 1.50. The number of halogens is 1. The molecule has 0 amide bonds. The second-order valence-electron chi connectivity index (χ2n) is 3.32. The smallest absolute Gasteiger partial charge is 0.330 e. The number of aromatic nitrogens is 1. The van der Waals surface area contributed by atoms with Crippen LogP contribution in [0.25, 0.3) is 0 Å². The molecule has 0 spiro atoms. The maximum atomic E-state index is 10.7. The van der Waals surface area contributed by atoms with E-state index in [2.05, 4.69) is 10.3 Å². The first kappa shape index (κ1) is 12.7. The van der Waals surface area contributed by atoms with Gasteiger partial charge >= 0.3 is 5.69 Å². The minimum absolute atomic E-state index is 0. The van der Waals surface area contributed by atoms with Crippen molar-refractivity contribution in [1.29, 1.82) is 0 Å². The Kier molecular flexibility index (Phi) is 4.45. The Bertz CT molecular complexity index is 369. The van der Waals surface area contributed by atoms with Crippen molar-refractivity contribution in [3.05, 3.63) is 28.4 Å². The molecule has 0 saturated carbocycles. The van der Waals surface area contributed by atoms with Crippen LogP contribution in [0.2, 0.25) is 0 Å². The Labute approximate surface area is 98.6 Å². The number of nitrogens with one attached hydrogen (secondary N) is 1. The van der Waals surface area contributed by atoms with Crippen molar-refractivity contribution >= 4 is 18.1 Å². The van der Waals surface area contributed by atoms with Gasteiger partial charge in [0.05, 0.1) is 4.92 Å². The third-order valence-corrected chi connectivity index (χ3v) is 2.24. The van der Waals surface area contributed by atoms with Gasteiger partial charge in [0, 0.05) is 18.8 Å². The van der Waals surface area contributed by atoms with E-state index >= 15 is 0 Å². The van der Waals surface area contributed by atoms with Crippen LogP contribution in [0.1, 0.15) is 6.42 Å². The molecule has 0 bridgehead atoms. The summed E-state index contributed by atoms with van der Waals surface area (Å²) in [6, 6.07) is 2.92. The van der Waals surface area contributed by atoms with E-state index in [1.54, 1.807) is 0 Å². The van der Waals surface area contributed by atoms with E-state index in [1.807, 2.05) is 0 Å². The first-order valence-electron chi connectivity index (χ1n) is 4.74. The van der Waals surface area contributed by atoms with Gasteiger partial charge in [-0.25, -0.2) is 4.98 Å². The zero-order valence-corrected chi connectivity index (χ0v) is 9.27. The molecule has 1 aliphatic heterocycles. The molecule has 2 heterocycles. The lowest BCUT2D eigenvalue weighted by molar-refractivity contribution is -0.386. The van der Waals surface area contributed by atoms with Crippen molar-refractivity contribution in [3.63, 3.8) is 0 Å². The summed E-state index contributed by atoms with van der Waals surface area (Å²) in [5, 5.41) is 13.8. The Morgan fingerprint density at radius 3 is 3.06 bits per heavy atom. The number of rotatable bonds is 3. The van der Waals surface area contributed by atoms with Gasteiger partial charge in [-0.3, -0.25) is 10.1 Å². The molecule has 1 aliphatic rings. The summed E-state index contributed by atoms with van der Waals surface area (Å²) in [7, 11) is 0. The fraction of sp³-hybridized carbons (Fsp3) is 0.444. The van der Waals surface area contributed by atoms with Gasteiger partial charge in [-0.15, -0.1) is 12.4 Å². The van der Waals surface area contributed by atoms with Crippen LogP contribution >= 0.6 is 12.4 Å². The minimum Gasteiger partial charge on any atom is -0.468 e. The average molecular weight is 246 g/mol. The minimum atomic E-state index is -0.481. The van der Waals surface area contributed by atoms with E-state index in [9.17, 15) is 10.1 Å². The third kappa shape index (κ3) is 2.80. The highest BCUT2D eigenvalue weighted by molar-refractivity contribution is 5.85.